The van der Waals surface area contributed by atoms with E-state index in [1.807, 2.05) is 30.3 Å². The minimum Gasteiger partial charge on any atom is -0.497 e. The maximum Gasteiger partial charge on any atom is 0.271 e. The molecule has 0 aliphatic heterocycles. The molecule has 0 saturated heterocycles. The molecule has 0 aliphatic carbocycles. The first-order valence-electron chi connectivity index (χ1n) is 8.89. The Labute approximate surface area is 164 Å². The molecule has 28 heavy (non-hydrogen) atoms. The van der Waals surface area contributed by atoms with Crippen LogP contribution in [0, 0.1) is 0 Å². The maximum absolute atomic E-state index is 12.3. The topological polar surface area (TPSA) is 89.0 Å². The fourth-order valence-electron chi connectivity index (χ4n) is 2.47. The lowest BCUT2D eigenvalue weighted by Crippen LogP contribution is -2.28. The number of nitrogens with zero attached hydrogens (tertiary/aromatic N) is 1. The van der Waals surface area contributed by atoms with Crippen LogP contribution in [-0.2, 0) is 11.2 Å². The number of hydrazone groups is 1. The average Bonchev–Trinajstić information content (AvgIpc) is 2.72. The largest absolute Gasteiger partial charge is 0.497 e. The summed E-state index contributed by atoms with van der Waals surface area (Å²) < 4.78 is 10.3. The smallest absolute Gasteiger partial charge is 0.271 e. The molecule has 0 bridgehead atoms. The highest BCUT2D eigenvalue weighted by molar-refractivity contribution is 6.01. The predicted molar refractivity (Wildman–Crippen MR) is 108 cm³/mol. The second kappa shape index (κ2) is 10.7. The Kier molecular flexibility index (Phi) is 8.02. The van der Waals surface area contributed by atoms with E-state index < -0.39 is 5.91 Å². The summed E-state index contributed by atoms with van der Waals surface area (Å²) >= 11 is 0. The molecule has 0 saturated carbocycles. The van der Waals surface area contributed by atoms with Gasteiger partial charge in [-0.05, 0) is 31.0 Å². The van der Waals surface area contributed by atoms with Gasteiger partial charge in [-0.1, -0.05) is 30.3 Å². The molecule has 0 aliphatic rings. The SMILES string of the molecule is COc1cc(OC)cc(C(=O)N/N=C(\C)CC(=O)NCCc2ccccc2)c1. The monoisotopic (exact) mass is 383 g/mol. The number of benzene rings is 2. The van der Waals surface area contributed by atoms with Crippen LogP contribution >= 0.6 is 0 Å². The summed E-state index contributed by atoms with van der Waals surface area (Å²) in [6, 6.07) is 14.8. The number of hydrogen-bond donors (Lipinski definition) is 2. The van der Waals surface area contributed by atoms with Crippen molar-refractivity contribution >= 4 is 17.5 Å². The lowest BCUT2D eigenvalue weighted by Gasteiger charge is -2.08. The Morgan fingerprint density at radius 2 is 1.64 bits per heavy atom. The number of rotatable bonds is 9. The number of hydrogen-bond acceptors (Lipinski definition) is 5. The van der Waals surface area contributed by atoms with Crippen molar-refractivity contribution in [2.24, 2.45) is 5.10 Å². The van der Waals surface area contributed by atoms with E-state index in [4.69, 9.17) is 9.47 Å². The van der Waals surface area contributed by atoms with Crippen molar-refractivity contribution in [1.82, 2.24) is 10.7 Å². The fourth-order valence-corrected chi connectivity index (χ4v) is 2.47. The number of nitrogens with one attached hydrogen (secondary N) is 2. The highest BCUT2D eigenvalue weighted by Gasteiger charge is 2.10. The summed E-state index contributed by atoms with van der Waals surface area (Å²) in [6.07, 6.45) is 0.869. The van der Waals surface area contributed by atoms with Gasteiger partial charge in [-0.25, -0.2) is 5.43 Å². The van der Waals surface area contributed by atoms with Gasteiger partial charge in [-0.3, -0.25) is 9.59 Å². The summed E-state index contributed by atoms with van der Waals surface area (Å²) in [5.74, 6) is 0.446. The van der Waals surface area contributed by atoms with Gasteiger partial charge in [0.05, 0.1) is 20.6 Å². The zero-order valence-electron chi connectivity index (χ0n) is 16.3. The van der Waals surface area contributed by atoms with Gasteiger partial charge in [-0.15, -0.1) is 0 Å². The first kappa shape index (κ1) is 21.0. The number of carbonyl (C=O) groups is 2. The van der Waals surface area contributed by atoms with E-state index in [0.717, 1.165) is 12.0 Å². The molecule has 2 rings (SSSR count). The molecule has 7 heteroatoms. The third-order valence-corrected chi connectivity index (χ3v) is 3.96. The first-order valence-corrected chi connectivity index (χ1v) is 8.89. The maximum atomic E-state index is 12.3. The molecule has 2 aromatic rings. The highest BCUT2D eigenvalue weighted by atomic mass is 16.5. The second-order valence-electron chi connectivity index (χ2n) is 6.15. The van der Waals surface area contributed by atoms with Gasteiger partial charge in [0, 0.05) is 23.9 Å². The van der Waals surface area contributed by atoms with Crippen LogP contribution in [0.1, 0.15) is 29.3 Å². The minimum atomic E-state index is -0.416. The van der Waals surface area contributed by atoms with E-state index in [9.17, 15) is 9.59 Å². The van der Waals surface area contributed by atoms with Gasteiger partial charge in [0.15, 0.2) is 0 Å². The van der Waals surface area contributed by atoms with Crippen LogP contribution in [0.2, 0.25) is 0 Å². The van der Waals surface area contributed by atoms with Crippen molar-refractivity contribution in [3.05, 3.63) is 59.7 Å². The third-order valence-electron chi connectivity index (χ3n) is 3.96. The Morgan fingerprint density at radius 1 is 1.00 bits per heavy atom. The van der Waals surface area contributed by atoms with Gasteiger partial charge >= 0.3 is 0 Å². The zero-order chi connectivity index (χ0) is 20.4. The highest BCUT2D eigenvalue weighted by Crippen LogP contribution is 2.22. The van der Waals surface area contributed by atoms with Crippen LogP contribution in [0.4, 0.5) is 0 Å². The summed E-state index contributed by atoms with van der Waals surface area (Å²) in [6.45, 7) is 2.23. The van der Waals surface area contributed by atoms with E-state index in [-0.39, 0.29) is 12.3 Å². The lowest BCUT2D eigenvalue weighted by molar-refractivity contribution is -0.119. The molecule has 0 atom stereocenters. The fraction of sp³-hybridized carbons (Fsp3) is 0.286. The van der Waals surface area contributed by atoms with Crippen LogP contribution < -0.4 is 20.2 Å². The number of methoxy groups -OCH3 is 2. The van der Waals surface area contributed by atoms with Crippen molar-refractivity contribution in [2.45, 2.75) is 19.8 Å². The first-order chi connectivity index (χ1) is 13.5. The molecular formula is C21H25N3O4. The second-order valence-corrected chi connectivity index (χ2v) is 6.15. The summed E-state index contributed by atoms with van der Waals surface area (Å²) in [4.78, 5) is 24.3. The van der Waals surface area contributed by atoms with Gasteiger partial charge in [-0.2, -0.15) is 5.10 Å². The van der Waals surface area contributed by atoms with Crippen LogP contribution in [0.5, 0.6) is 11.5 Å². The third kappa shape index (κ3) is 6.75. The quantitative estimate of drug-likeness (QED) is 0.514. The van der Waals surface area contributed by atoms with Gasteiger partial charge < -0.3 is 14.8 Å². The van der Waals surface area contributed by atoms with Crippen molar-refractivity contribution in [2.75, 3.05) is 20.8 Å². The van der Waals surface area contributed by atoms with Crippen molar-refractivity contribution in [3.8, 4) is 11.5 Å². The molecule has 2 aromatic carbocycles. The standard InChI is InChI=1S/C21H25N3O4/c1-15(11-20(25)22-10-9-16-7-5-4-6-8-16)23-24-21(26)17-12-18(27-2)14-19(13-17)28-3/h4-8,12-14H,9-11H2,1-3H3,(H,22,25)(H,24,26)/b23-15+. The molecule has 7 nitrogen and oxygen atoms in total. The Morgan fingerprint density at radius 3 is 2.25 bits per heavy atom. The van der Waals surface area contributed by atoms with Crippen LogP contribution in [0.15, 0.2) is 53.6 Å². The number of carbonyl (C=O) groups excluding carboxylic acids is 2. The summed E-state index contributed by atoms with van der Waals surface area (Å²) in [5, 5.41) is 6.84. The van der Waals surface area contributed by atoms with Crippen LogP contribution in [0.3, 0.4) is 0 Å². The molecule has 0 fully saturated rings. The zero-order valence-corrected chi connectivity index (χ0v) is 16.3. The predicted octanol–water partition coefficient (Wildman–Crippen LogP) is 2.56. The lowest BCUT2D eigenvalue weighted by atomic mass is 10.1. The van der Waals surface area contributed by atoms with E-state index in [2.05, 4.69) is 15.8 Å². The summed E-state index contributed by atoms with van der Waals surface area (Å²) in [5.41, 5.74) is 4.46. The molecule has 2 N–H and O–H groups in total. The van der Waals surface area contributed by atoms with Crippen molar-refractivity contribution < 1.29 is 19.1 Å². The average molecular weight is 383 g/mol. The van der Waals surface area contributed by atoms with Crippen LogP contribution in [0.25, 0.3) is 0 Å². The van der Waals surface area contributed by atoms with E-state index in [1.54, 1.807) is 25.1 Å². The number of ether oxygens (including phenoxy) is 2. The normalized spacial score (nSPS) is 10.9. The van der Waals surface area contributed by atoms with E-state index >= 15 is 0 Å². The van der Waals surface area contributed by atoms with E-state index in [0.29, 0.717) is 29.3 Å². The summed E-state index contributed by atoms with van der Waals surface area (Å²) in [7, 11) is 3.02. The molecule has 0 aromatic heterocycles. The number of amides is 2. The molecule has 148 valence electrons. The molecule has 0 spiro atoms. The van der Waals surface area contributed by atoms with Gasteiger partial charge in [0.25, 0.3) is 5.91 Å². The molecule has 2 amide bonds. The Bertz CT molecular complexity index is 813. The van der Waals surface area contributed by atoms with E-state index in [1.165, 1.54) is 14.2 Å². The molecule has 0 radical (unpaired) electrons. The Balaban J connectivity index is 1.82. The molecule has 0 unspecified atom stereocenters. The molecule has 0 heterocycles. The van der Waals surface area contributed by atoms with Gasteiger partial charge in [0.2, 0.25) is 5.91 Å². The van der Waals surface area contributed by atoms with Crippen LogP contribution in [-0.4, -0.2) is 38.3 Å². The van der Waals surface area contributed by atoms with Crippen molar-refractivity contribution in [3.63, 3.8) is 0 Å². The minimum absolute atomic E-state index is 0.108. The van der Waals surface area contributed by atoms with Gasteiger partial charge in [0.1, 0.15) is 11.5 Å². The Hall–Kier alpha value is -3.35. The van der Waals surface area contributed by atoms with Crippen molar-refractivity contribution in [1.29, 1.82) is 0 Å². The molecular weight excluding hydrogens is 358 g/mol.